The number of thioether (sulfide) groups is 1. The Bertz CT molecular complexity index is 1120. The normalized spacial score (nSPS) is 13.7. The number of aromatic nitrogens is 6. The second-order valence-corrected chi connectivity index (χ2v) is 7.09. The van der Waals surface area contributed by atoms with Gasteiger partial charge in [0.05, 0.1) is 11.2 Å². The molecule has 0 radical (unpaired) electrons. The molecule has 1 aliphatic rings. The van der Waals surface area contributed by atoms with Crippen molar-refractivity contribution < 1.29 is 0 Å². The Kier molecular flexibility index (Phi) is 3.56. The average Bonchev–Trinajstić information content (AvgIpc) is 3.27. The fourth-order valence-corrected chi connectivity index (χ4v) is 3.78. The molecule has 2 aromatic carbocycles. The van der Waals surface area contributed by atoms with Crippen molar-refractivity contribution in [3.05, 3.63) is 65.5 Å². The first-order valence-corrected chi connectivity index (χ1v) is 9.27. The van der Waals surface area contributed by atoms with Crippen molar-refractivity contribution >= 4 is 28.5 Å². The van der Waals surface area contributed by atoms with Gasteiger partial charge in [-0.1, -0.05) is 58.9 Å². The van der Waals surface area contributed by atoms with Crippen molar-refractivity contribution in [2.24, 2.45) is 5.10 Å². The lowest BCUT2D eigenvalue weighted by Crippen LogP contribution is -2.16. The molecule has 26 heavy (non-hydrogen) atoms. The van der Waals surface area contributed by atoms with E-state index in [9.17, 15) is 0 Å². The SMILES string of the molecule is Cc1ccc(C2=Nn3c(Cn4nnc5ccccc54)nnc3SC2)cc1. The van der Waals surface area contributed by atoms with Crippen LogP contribution in [-0.2, 0) is 6.54 Å². The van der Waals surface area contributed by atoms with Crippen LogP contribution in [0.15, 0.2) is 58.8 Å². The molecule has 0 saturated carbocycles. The van der Waals surface area contributed by atoms with Gasteiger partial charge in [0.25, 0.3) is 0 Å². The van der Waals surface area contributed by atoms with Gasteiger partial charge in [-0.2, -0.15) is 9.78 Å². The molecule has 0 N–H and O–H groups in total. The molecule has 0 aliphatic carbocycles. The highest BCUT2D eigenvalue weighted by atomic mass is 32.2. The van der Waals surface area contributed by atoms with Crippen LogP contribution in [0.2, 0.25) is 0 Å². The Hall–Kier alpha value is -3.00. The number of benzene rings is 2. The van der Waals surface area contributed by atoms with Crippen LogP contribution >= 0.6 is 11.8 Å². The minimum atomic E-state index is 0.471. The number of para-hydroxylation sites is 1. The van der Waals surface area contributed by atoms with E-state index < -0.39 is 0 Å². The fourth-order valence-electron chi connectivity index (χ4n) is 2.92. The minimum absolute atomic E-state index is 0.471. The number of fused-ring (bicyclic) bond motifs is 2. The number of hydrogen-bond acceptors (Lipinski definition) is 6. The highest BCUT2D eigenvalue weighted by Crippen LogP contribution is 2.24. The zero-order chi connectivity index (χ0) is 17.5. The van der Waals surface area contributed by atoms with Gasteiger partial charge in [0, 0.05) is 5.75 Å². The number of hydrogen-bond donors (Lipinski definition) is 0. The smallest absolute Gasteiger partial charge is 0.212 e. The zero-order valence-electron chi connectivity index (χ0n) is 14.1. The van der Waals surface area contributed by atoms with E-state index in [-0.39, 0.29) is 0 Å². The topological polar surface area (TPSA) is 73.8 Å². The molecule has 1 aliphatic heterocycles. The van der Waals surface area contributed by atoms with Gasteiger partial charge in [-0.3, -0.25) is 0 Å². The molecule has 0 fully saturated rings. The van der Waals surface area contributed by atoms with Crippen molar-refractivity contribution in [2.75, 3.05) is 5.75 Å². The van der Waals surface area contributed by atoms with Gasteiger partial charge < -0.3 is 0 Å². The van der Waals surface area contributed by atoms with Crippen LogP contribution in [0.4, 0.5) is 0 Å². The first kappa shape index (κ1) is 15.3. The van der Waals surface area contributed by atoms with E-state index in [1.54, 1.807) is 11.8 Å². The second kappa shape index (κ2) is 6.06. The van der Waals surface area contributed by atoms with Crippen LogP contribution in [0.25, 0.3) is 11.0 Å². The molecule has 128 valence electrons. The van der Waals surface area contributed by atoms with Crippen LogP contribution in [0.3, 0.4) is 0 Å². The molecular formula is C18H15N7S. The molecule has 0 unspecified atom stereocenters. The molecule has 3 heterocycles. The molecule has 0 amide bonds. The Labute approximate surface area is 153 Å². The average molecular weight is 361 g/mol. The fraction of sp³-hybridized carbons (Fsp3) is 0.167. The van der Waals surface area contributed by atoms with Gasteiger partial charge in [-0.25, -0.2) is 4.68 Å². The summed E-state index contributed by atoms with van der Waals surface area (Å²) in [4.78, 5) is 0. The number of aryl methyl sites for hydroxylation is 1. The van der Waals surface area contributed by atoms with Crippen molar-refractivity contribution in [1.29, 1.82) is 0 Å². The lowest BCUT2D eigenvalue weighted by atomic mass is 10.1. The lowest BCUT2D eigenvalue weighted by molar-refractivity contribution is 0.606. The summed E-state index contributed by atoms with van der Waals surface area (Å²) in [5.41, 5.74) is 5.22. The summed E-state index contributed by atoms with van der Waals surface area (Å²) in [6, 6.07) is 16.3. The summed E-state index contributed by atoms with van der Waals surface area (Å²) in [7, 11) is 0. The Morgan fingerprint density at radius 3 is 2.73 bits per heavy atom. The van der Waals surface area contributed by atoms with Gasteiger partial charge in [-0.05, 0) is 24.6 Å². The largest absolute Gasteiger partial charge is 0.237 e. The molecule has 0 bridgehead atoms. The summed E-state index contributed by atoms with van der Waals surface area (Å²) >= 11 is 1.65. The van der Waals surface area contributed by atoms with E-state index in [0.29, 0.717) is 6.54 Å². The second-order valence-electron chi connectivity index (χ2n) is 6.15. The monoisotopic (exact) mass is 361 g/mol. The van der Waals surface area contributed by atoms with Crippen molar-refractivity contribution in [1.82, 2.24) is 29.9 Å². The van der Waals surface area contributed by atoms with Crippen LogP contribution in [0, 0.1) is 6.92 Å². The van der Waals surface area contributed by atoms with Crippen LogP contribution in [0.1, 0.15) is 17.0 Å². The Balaban J connectivity index is 1.52. The zero-order valence-corrected chi connectivity index (χ0v) is 14.9. The van der Waals surface area contributed by atoms with Crippen LogP contribution in [0.5, 0.6) is 0 Å². The molecule has 8 heteroatoms. The van der Waals surface area contributed by atoms with E-state index in [0.717, 1.165) is 39.0 Å². The van der Waals surface area contributed by atoms with Gasteiger partial charge in [0.1, 0.15) is 12.1 Å². The minimum Gasteiger partial charge on any atom is -0.237 e. The number of nitrogens with zero attached hydrogens (tertiary/aromatic N) is 7. The molecular weight excluding hydrogens is 346 g/mol. The molecule has 0 saturated heterocycles. The highest BCUT2D eigenvalue weighted by molar-refractivity contribution is 7.99. The first-order valence-electron chi connectivity index (χ1n) is 8.28. The summed E-state index contributed by atoms with van der Waals surface area (Å²) < 4.78 is 3.65. The van der Waals surface area contributed by atoms with Crippen molar-refractivity contribution in [3.8, 4) is 0 Å². The molecule has 2 aromatic heterocycles. The van der Waals surface area contributed by atoms with Gasteiger partial charge >= 0.3 is 0 Å². The highest BCUT2D eigenvalue weighted by Gasteiger charge is 2.20. The first-order chi connectivity index (χ1) is 12.8. The molecule has 5 rings (SSSR count). The van der Waals surface area contributed by atoms with E-state index in [2.05, 4.69) is 51.7 Å². The molecule has 4 aromatic rings. The third-order valence-electron chi connectivity index (χ3n) is 4.33. The summed E-state index contributed by atoms with van der Waals surface area (Å²) in [6.45, 7) is 2.55. The molecule has 0 atom stereocenters. The van der Waals surface area contributed by atoms with Crippen molar-refractivity contribution in [2.45, 2.75) is 18.6 Å². The predicted molar refractivity (Wildman–Crippen MR) is 100 cm³/mol. The quantitative estimate of drug-likeness (QED) is 0.561. The third-order valence-corrected chi connectivity index (χ3v) is 5.26. The maximum Gasteiger partial charge on any atom is 0.212 e. The Morgan fingerprint density at radius 2 is 1.85 bits per heavy atom. The molecule has 7 nitrogen and oxygen atoms in total. The van der Waals surface area contributed by atoms with Crippen LogP contribution in [-0.4, -0.2) is 41.3 Å². The maximum absolute atomic E-state index is 4.79. The van der Waals surface area contributed by atoms with E-state index >= 15 is 0 Å². The summed E-state index contributed by atoms with van der Waals surface area (Å²) in [5.74, 6) is 1.53. The summed E-state index contributed by atoms with van der Waals surface area (Å²) in [5, 5.41) is 22.6. The van der Waals surface area contributed by atoms with Gasteiger partial charge in [0.15, 0.2) is 5.82 Å². The van der Waals surface area contributed by atoms with Gasteiger partial charge in [-0.15, -0.1) is 15.3 Å². The van der Waals surface area contributed by atoms with E-state index in [1.165, 1.54) is 5.56 Å². The van der Waals surface area contributed by atoms with Crippen LogP contribution < -0.4 is 0 Å². The maximum atomic E-state index is 4.79. The predicted octanol–water partition coefficient (Wildman–Crippen LogP) is 2.74. The summed E-state index contributed by atoms with van der Waals surface area (Å²) in [6.07, 6.45) is 0. The van der Waals surface area contributed by atoms with Gasteiger partial charge in [0.2, 0.25) is 5.16 Å². The Morgan fingerprint density at radius 1 is 1.00 bits per heavy atom. The third kappa shape index (κ3) is 2.59. The van der Waals surface area contributed by atoms with E-state index in [1.807, 2.05) is 33.6 Å². The standard InChI is InChI=1S/C18H15N7S/c1-12-6-8-13(9-7-12)15-11-26-18-21-20-17(25(18)22-15)10-24-16-5-3-2-4-14(16)19-23-24/h2-9H,10-11H2,1H3. The van der Waals surface area contributed by atoms with Crippen molar-refractivity contribution in [3.63, 3.8) is 0 Å². The number of rotatable bonds is 3. The lowest BCUT2D eigenvalue weighted by Gasteiger charge is -2.14. The molecule has 0 spiro atoms. The van der Waals surface area contributed by atoms with E-state index in [4.69, 9.17) is 5.10 Å².